The van der Waals surface area contributed by atoms with Gasteiger partial charge >= 0.3 is 6.09 Å². The number of carbonyl (C=O) groups excluding carboxylic acids is 1. The number of amides is 1. The van der Waals surface area contributed by atoms with Gasteiger partial charge in [0.1, 0.15) is 12.2 Å². The zero-order valence-corrected chi connectivity index (χ0v) is 15.5. The van der Waals surface area contributed by atoms with Crippen LogP contribution in [0.2, 0.25) is 0 Å². The molecule has 136 valence electrons. The molecule has 0 aliphatic carbocycles. The molecule has 2 aliphatic rings. The Hall–Kier alpha value is -2.04. The highest BCUT2D eigenvalue weighted by atomic mass is 16.6. The number of hydrogen-bond donors (Lipinski definition) is 0. The molecular formula is C20H28N2O3. The van der Waals surface area contributed by atoms with Crippen LogP contribution in [0.5, 0.6) is 0 Å². The lowest BCUT2D eigenvalue weighted by Gasteiger charge is -2.33. The van der Waals surface area contributed by atoms with Gasteiger partial charge < -0.3 is 14.4 Å². The highest BCUT2D eigenvalue weighted by molar-refractivity contribution is 5.94. The highest BCUT2D eigenvalue weighted by Crippen LogP contribution is 2.23. The van der Waals surface area contributed by atoms with Crippen LogP contribution < -0.4 is 0 Å². The zero-order valence-electron chi connectivity index (χ0n) is 15.5. The molecule has 1 saturated heterocycles. The highest BCUT2D eigenvalue weighted by Gasteiger charge is 2.26. The number of benzene rings is 1. The van der Waals surface area contributed by atoms with Crippen LogP contribution in [0.15, 0.2) is 29.3 Å². The summed E-state index contributed by atoms with van der Waals surface area (Å²) < 4.78 is 11.0. The van der Waals surface area contributed by atoms with Gasteiger partial charge in [-0.3, -0.25) is 0 Å². The average Bonchev–Trinajstić information content (AvgIpc) is 3.09. The summed E-state index contributed by atoms with van der Waals surface area (Å²) >= 11 is 0. The van der Waals surface area contributed by atoms with Gasteiger partial charge in [0.15, 0.2) is 0 Å². The van der Waals surface area contributed by atoms with Gasteiger partial charge in [-0.1, -0.05) is 12.1 Å². The van der Waals surface area contributed by atoms with Gasteiger partial charge in [-0.15, -0.1) is 0 Å². The molecule has 0 aromatic heterocycles. The number of hydrogen-bond acceptors (Lipinski definition) is 4. The van der Waals surface area contributed by atoms with Crippen LogP contribution in [0.1, 0.15) is 44.7 Å². The number of likely N-dealkylation sites (tertiary alicyclic amines) is 1. The van der Waals surface area contributed by atoms with Gasteiger partial charge in [0.25, 0.3) is 0 Å². The Morgan fingerprint density at radius 1 is 1.24 bits per heavy atom. The van der Waals surface area contributed by atoms with Gasteiger partial charge in [-0.25, -0.2) is 9.79 Å². The van der Waals surface area contributed by atoms with Crippen molar-refractivity contribution in [1.29, 1.82) is 0 Å². The third-order valence-corrected chi connectivity index (χ3v) is 4.58. The molecule has 0 bridgehead atoms. The van der Waals surface area contributed by atoms with E-state index in [-0.39, 0.29) is 6.09 Å². The lowest BCUT2D eigenvalue weighted by atomic mass is 9.90. The maximum Gasteiger partial charge on any atom is 0.410 e. The number of nitrogens with zero attached hydrogens (tertiary/aromatic N) is 2. The Morgan fingerprint density at radius 3 is 2.48 bits per heavy atom. The van der Waals surface area contributed by atoms with Gasteiger partial charge in [0, 0.05) is 18.7 Å². The van der Waals surface area contributed by atoms with Gasteiger partial charge in [-0.05, 0) is 63.6 Å². The first kappa shape index (κ1) is 17.8. The van der Waals surface area contributed by atoms with E-state index in [0.29, 0.717) is 12.5 Å². The molecule has 25 heavy (non-hydrogen) atoms. The number of piperidine rings is 1. The number of aliphatic imine (C=N–C) groups is 1. The maximum absolute atomic E-state index is 12.1. The molecule has 5 heteroatoms. The van der Waals surface area contributed by atoms with Crippen molar-refractivity contribution in [2.45, 2.75) is 45.6 Å². The summed E-state index contributed by atoms with van der Waals surface area (Å²) in [7, 11) is 0. The monoisotopic (exact) mass is 344 g/mol. The second kappa shape index (κ2) is 7.46. The summed E-state index contributed by atoms with van der Waals surface area (Å²) in [6.07, 6.45) is 2.91. The van der Waals surface area contributed by atoms with Crippen LogP contribution in [0.4, 0.5) is 4.79 Å². The van der Waals surface area contributed by atoms with Gasteiger partial charge in [0.2, 0.25) is 5.90 Å². The Kier molecular flexibility index (Phi) is 5.30. The van der Waals surface area contributed by atoms with Crippen LogP contribution >= 0.6 is 0 Å². The second-order valence-electron chi connectivity index (χ2n) is 7.85. The van der Waals surface area contributed by atoms with Crippen molar-refractivity contribution in [3.8, 4) is 0 Å². The van der Waals surface area contributed by atoms with Gasteiger partial charge in [-0.2, -0.15) is 0 Å². The normalized spacial score (nSPS) is 18.7. The molecule has 5 nitrogen and oxygen atoms in total. The minimum atomic E-state index is -0.428. The fourth-order valence-corrected chi connectivity index (χ4v) is 3.27. The van der Waals surface area contributed by atoms with Crippen molar-refractivity contribution >= 4 is 12.0 Å². The van der Waals surface area contributed by atoms with E-state index in [4.69, 9.17) is 9.47 Å². The number of carbonyl (C=O) groups is 1. The molecule has 1 aromatic rings. The quantitative estimate of drug-likeness (QED) is 0.841. The lowest BCUT2D eigenvalue weighted by molar-refractivity contribution is 0.0184. The summed E-state index contributed by atoms with van der Waals surface area (Å²) in [6.45, 7) is 8.72. The predicted molar refractivity (Wildman–Crippen MR) is 98.0 cm³/mol. The SMILES string of the molecule is CC(C)(C)OC(=O)N1CCC(Cc2ccc(C3=NCCO3)cc2)CC1. The first-order chi connectivity index (χ1) is 11.9. The van der Waals surface area contributed by atoms with Gasteiger partial charge in [0.05, 0.1) is 6.54 Å². The molecule has 0 N–H and O–H groups in total. The van der Waals surface area contributed by atoms with E-state index < -0.39 is 5.60 Å². The fourth-order valence-electron chi connectivity index (χ4n) is 3.27. The van der Waals surface area contributed by atoms with Crippen molar-refractivity contribution in [3.05, 3.63) is 35.4 Å². The molecule has 0 spiro atoms. The van der Waals surface area contributed by atoms with Crippen molar-refractivity contribution in [3.63, 3.8) is 0 Å². The smallest absolute Gasteiger partial charge is 0.410 e. The van der Waals surface area contributed by atoms with E-state index in [2.05, 4.69) is 29.3 Å². The third-order valence-electron chi connectivity index (χ3n) is 4.58. The average molecular weight is 344 g/mol. The summed E-state index contributed by atoms with van der Waals surface area (Å²) in [4.78, 5) is 18.3. The van der Waals surface area contributed by atoms with E-state index >= 15 is 0 Å². The summed E-state index contributed by atoms with van der Waals surface area (Å²) in [5.41, 5.74) is 1.96. The Morgan fingerprint density at radius 2 is 1.92 bits per heavy atom. The molecule has 1 amide bonds. The van der Waals surface area contributed by atoms with E-state index in [0.717, 1.165) is 50.4 Å². The molecular weight excluding hydrogens is 316 g/mol. The molecule has 3 rings (SSSR count). The molecule has 2 aliphatic heterocycles. The topological polar surface area (TPSA) is 51.1 Å². The second-order valence-corrected chi connectivity index (χ2v) is 7.85. The van der Waals surface area contributed by atoms with Crippen molar-refractivity contribution in [2.24, 2.45) is 10.9 Å². The Bertz CT molecular complexity index is 623. The molecule has 0 saturated carbocycles. The standard InChI is InChI=1S/C20H28N2O3/c1-20(2,3)25-19(23)22-11-8-16(9-12-22)14-15-4-6-17(7-5-15)18-21-10-13-24-18/h4-7,16H,8-14H2,1-3H3. The zero-order chi connectivity index (χ0) is 17.9. The molecule has 0 radical (unpaired) electrons. The van der Waals surface area contributed by atoms with Crippen LogP contribution in [0.25, 0.3) is 0 Å². The summed E-state index contributed by atoms with van der Waals surface area (Å²) in [6, 6.07) is 8.52. The predicted octanol–water partition coefficient (Wildman–Crippen LogP) is 3.65. The minimum absolute atomic E-state index is 0.187. The molecule has 2 heterocycles. The van der Waals surface area contributed by atoms with E-state index in [1.54, 1.807) is 0 Å². The molecule has 0 unspecified atom stereocenters. The van der Waals surface area contributed by atoms with Crippen molar-refractivity contribution in [1.82, 2.24) is 4.90 Å². The van der Waals surface area contributed by atoms with Crippen molar-refractivity contribution in [2.75, 3.05) is 26.2 Å². The first-order valence-electron chi connectivity index (χ1n) is 9.15. The Labute approximate surface area is 150 Å². The van der Waals surface area contributed by atoms with E-state index in [1.165, 1.54) is 5.56 Å². The van der Waals surface area contributed by atoms with Crippen molar-refractivity contribution < 1.29 is 14.3 Å². The molecule has 0 atom stereocenters. The van der Waals surface area contributed by atoms with E-state index in [1.807, 2.05) is 25.7 Å². The molecule has 1 aromatic carbocycles. The van der Waals surface area contributed by atoms with Crippen LogP contribution in [-0.2, 0) is 15.9 Å². The number of rotatable bonds is 3. The maximum atomic E-state index is 12.1. The van der Waals surface area contributed by atoms with Crippen LogP contribution in [-0.4, -0.2) is 48.7 Å². The fraction of sp³-hybridized carbons (Fsp3) is 0.600. The number of ether oxygens (including phenoxy) is 2. The lowest BCUT2D eigenvalue weighted by Crippen LogP contribution is -2.42. The Balaban J connectivity index is 1.48. The summed E-state index contributed by atoms with van der Waals surface area (Å²) in [5.74, 6) is 1.38. The largest absolute Gasteiger partial charge is 0.476 e. The van der Waals surface area contributed by atoms with E-state index in [9.17, 15) is 4.79 Å². The van der Waals surface area contributed by atoms with Crippen LogP contribution in [0.3, 0.4) is 0 Å². The third kappa shape index (κ3) is 4.97. The molecule has 1 fully saturated rings. The minimum Gasteiger partial charge on any atom is -0.476 e. The first-order valence-corrected chi connectivity index (χ1v) is 9.15. The summed E-state index contributed by atoms with van der Waals surface area (Å²) in [5, 5.41) is 0. The van der Waals surface area contributed by atoms with Crippen LogP contribution in [0, 0.1) is 5.92 Å².